The van der Waals surface area contributed by atoms with Crippen LogP contribution in [0.5, 0.6) is 11.5 Å². The number of methoxy groups -OCH3 is 2. The molecule has 3 aliphatic rings. The number of morpholine rings is 1. The minimum Gasteiger partial charge on any atom is -0.494 e. The Balaban J connectivity index is 1.52. The first-order valence-corrected chi connectivity index (χ1v) is 11.5. The van der Waals surface area contributed by atoms with Crippen LogP contribution in [0.1, 0.15) is 11.7 Å². The first-order chi connectivity index (χ1) is 17.5. The van der Waals surface area contributed by atoms with Crippen molar-refractivity contribution in [3.05, 3.63) is 58.5 Å². The molecule has 2 atom stereocenters. The number of amidine groups is 1. The third-order valence-corrected chi connectivity index (χ3v) is 6.28. The molecule has 0 bridgehead atoms. The van der Waals surface area contributed by atoms with Gasteiger partial charge in [0.25, 0.3) is 0 Å². The van der Waals surface area contributed by atoms with Crippen LogP contribution in [0.3, 0.4) is 0 Å². The zero-order chi connectivity index (χ0) is 25.7. The monoisotopic (exact) mass is 501 g/mol. The highest BCUT2D eigenvalue weighted by molar-refractivity contribution is 6.08. The summed E-state index contributed by atoms with van der Waals surface area (Å²) in [5.41, 5.74) is 0.848. The van der Waals surface area contributed by atoms with Gasteiger partial charge in [0, 0.05) is 68.2 Å². The van der Waals surface area contributed by atoms with Crippen molar-refractivity contribution in [2.75, 3.05) is 53.6 Å². The van der Waals surface area contributed by atoms with Crippen molar-refractivity contribution < 1.29 is 28.1 Å². The Kier molecular flexibility index (Phi) is 8.24. The number of hydrogen-bond donors (Lipinski definition) is 3. The van der Waals surface area contributed by atoms with Crippen LogP contribution in [0.15, 0.2) is 51.2 Å². The number of aliphatic hydroxyl groups is 1. The van der Waals surface area contributed by atoms with Crippen LogP contribution in [-0.2, 0) is 4.74 Å². The molecule has 0 spiro atoms. The maximum atomic E-state index is 15.0. The van der Waals surface area contributed by atoms with Crippen molar-refractivity contribution in [3.8, 4) is 11.5 Å². The van der Waals surface area contributed by atoms with E-state index < -0.39 is 29.2 Å². The van der Waals surface area contributed by atoms with Gasteiger partial charge < -0.3 is 30.0 Å². The molecule has 2 unspecified atom stereocenters. The van der Waals surface area contributed by atoms with Gasteiger partial charge in [0.1, 0.15) is 11.9 Å². The zero-order valence-corrected chi connectivity index (χ0v) is 20.1. The molecule has 0 amide bonds. The summed E-state index contributed by atoms with van der Waals surface area (Å²) in [7, 11) is 2.49. The lowest BCUT2D eigenvalue weighted by Gasteiger charge is -2.26. The largest absolute Gasteiger partial charge is 0.494 e. The molecule has 11 heteroatoms. The number of aliphatic hydroxyl groups excluding tert-OH is 1. The third kappa shape index (κ3) is 5.23. The summed E-state index contributed by atoms with van der Waals surface area (Å²) in [6, 6.07) is 1.09. The van der Waals surface area contributed by atoms with Gasteiger partial charge in [0.05, 0.1) is 38.9 Å². The summed E-state index contributed by atoms with van der Waals surface area (Å²) in [6.45, 7) is 4.78. The van der Waals surface area contributed by atoms with Crippen LogP contribution in [0.4, 0.5) is 8.78 Å². The average molecular weight is 502 g/mol. The van der Waals surface area contributed by atoms with E-state index in [0.29, 0.717) is 23.5 Å². The van der Waals surface area contributed by atoms with Gasteiger partial charge in [0.15, 0.2) is 23.1 Å². The summed E-state index contributed by atoms with van der Waals surface area (Å²) in [4.78, 5) is 10.9. The van der Waals surface area contributed by atoms with Crippen LogP contribution >= 0.6 is 0 Å². The number of nitrogens with zero attached hydrogens (tertiary/aromatic N) is 3. The lowest BCUT2D eigenvalue weighted by molar-refractivity contribution is 0.0388. The smallest absolute Gasteiger partial charge is 0.174 e. The Hall–Kier alpha value is -3.41. The molecule has 1 aromatic rings. The lowest BCUT2D eigenvalue weighted by atomic mass is 9.87. The van der Waals surface area contributed by atoms with Gasteiger partial charge in [-0.25, -0.2) is 18.8 Å². The van der Waals surface area contributed by atoms with Gasteiger partial charge in [-0.05, 0) is 5.57 Å². The molecule has 3 heterocycles. The second kappa shape index (κ2) is 11.5. The first kappa shape index (κ1) is 25.7. The average Bonchev–Trinajstić information content (AvgIpc) is 3.33. The number of ether oxygens (including phenoxy) is 3. The number of allylic oxidation sites excluding steroid dienone is 2. The minimum absolute atomic E-state index is 0.247. The number of rotatable bonds is 10. The maximum Gasteiger partial charge on any atom is 0.174 e. The van der Waals surface area contributed by atoms with Crippen molar-refractivity contribution in [1.82, 2.24) is 10.2 Å². The predicted molar refractivity (Wildman–Crippen MR) is 132 cm³/mol. The van der Waals surface area contributed by atoms with E-state index in [9.17, 15) is 13.9 Å². The Morgan fingerprint density at radius 1 is 1.28 bits per heavy atom. The molecule has 3 N–H and O–H groups in total. The van der Waals surface area contributed by atoms with E-state index in [4.69, 9.17) is 19.6 Å². The number of hydrogen-bond acceptors (Lipinski definition) is 9. The Morgan fingerprint density at radius 2 is 1.97 bits per heavy atom. The van der Waals surface area contributed by atoms with Gasteiger partial charge in [-0.3, -0.25) is 4.90 Å². The van der Waals surface area contributed by atoms with E-state index in [0.717, 1.165) is 38.9 Å². The van der Waals surface area contributed by atoms with Gasteiger partial charge in [0.2, 0.25) is 0 Å². The summed E-state index contributed by atoms with van der Waals surface area (Å²) in [6.07, 6.45) is 5.97. The van der Waals surface area contributed by atoms with Crippen molar-refractivity contribution in [1.29, 1.82) is 5.41 Å². The molecule has 9 nitrogen and oxygen atoms in total. The van der Waals surface area contributed by atoms with Crippen LogP contribution < -0.4 is 14.8 Å². The van der Waals surface area contributed by atoms with E-state index >= 15 is 0 Å². The number of halogens is 2. The molecular weight excluding hydrogens is 472 g/mol. The lowest BCUT2D eigenvalue weighted by Crippen LogP contribution is -2.39. The molecule has 1 saturated heterocycles. The second-order valence-electron chi connectivity index (χ2n) is 8.35. The van der Waals surface area contributed by atoms with Crippen molar-refractivity contribution in [2.45, 2.75) is 6.10 Å². The summed E-state index contributed by atoms with van der Waals surface area (Å²) in [5.74, 6) is -2.79. The number of nitrogens with one attached hydrogen (secondary N) is 2. The molecule has 0 aromatic heterocycles. The van der Waals surface area contributed by atoms with E-state index in [1.807, 2.05) is 0 Å². The van der Waals surface area contributed by atoms with Gasteiger partial charge in [-0.1, -0.05) is 6.08 Å². The molecule has 0 saturated carbocycles. The quantitative estimate of drug-likeness (QED) is 0.335. The topological polar surface area (TPSA) is 112 Å². The number of aliphatic imine (C=N–C) groups is 2. The predicted octanol–water partition coefficient (Wildman–Crippen LogP) is 2.39. The van der Waals surface area contributed by atoms with Crippen LogP contribution in [0.2, 0.25) is 0 Å². The zero-order valence-electron chi connectivity index (χ0n) is 20.1. The first-order valence-electron chi connectivity index (χ1n) is 11.5. The molecule has 1 aromatic carbocycles. The van der Waals surface area contributed by atoms with Crippen molar-refractivity contribution >= 4 is 18.3 Å². The molecule has 0 aliphatic carbocycles. The van der Waals surface area contributed by atoms with E-state index in [2.05, 4.69) is 20.2 Å². The van der Waals surface area contributed by atoms with Gasteiger partial charge in [-0.15, -0.1) is 0 Å². The number of benzene rings is 1. The molecule has 1 fully saturated rings. The normalized spacial score (nSPS) is 20.8. The van der Waals surface area contributed by atoms with Crippen LogP contribution in [-0.4, -0.2) is 81.9 Å². The summed E-state index contributed by atoms with van der Waals surface area (Å²) >= 11 is 0. The maximum absolute atomic E-state index is 15.0. The van der Waals surface area contributed by atoms with Crippen molar-refractivity contribution in [3.63, 3.8) is 0 Å². The fourth-order valence-electron chi connectivity index (χ4n) is 4.25. The Bertz CT molecular complexity index is 1130. The van der Waals surface area contributed by atoms with Crippen molar-refractivity contribution in [2.24, 2.45) is 15.9 Å². The summed E-state index contributed by atoms with van der Waals surface area (Å²) < 4.78 is 45.3. The SMILES string of the molecule is COc1cc(OC)c(F)c(C(O)C2=CN=C3N=CC(/C(C=N)=C/NCCN4CCOCC4)=CC23)c1F. The molecule has 192 valence electrons. The Morgan fingerprint density at radius 3 is 2.61 bits per heavy atom. The van der Waals surface area contributed by atoms with Gasteiger partial charge in [-0.2, -0.15) is 0 Å². The standard InChI is InChI=1S/C25H29F2N5O4/c1-34-19-10-20(35-2)23(27)21(22(19)26)24(33)18-14-31-25-17(18)9-15(13-30-25)16(11-28)12-29-3-4-32-5-7-36-8-6-32/h9-14,17,24,28-29,33H,3-8H2,1-2H3/b16-12+,28-11?. The molecule has 0 radical (unpaired) electrons. The third-order valence-electron chi connectivity index (χ3n) is 6.28. The van der Waals surface area contributed by atoms with Crippen LogP contribution in [0, 0.1) is 23.0 Å². The van der Waals surface area contributed by atoms with E-state index in [-0.39, 0.29) is 17.1 Å². The molecular formula is C25H29F2N5O4. The summed E-state index contributed by atoms with van der Waals surface area (Å²) in [5, 5.41) is 22.1. The highest BCUT2D eigenvalue weighted by atomic mass is 19.1. The van der Waals surface area contributed by atoms with E-state index in [1.165, 1.54) is 26.6 Å². The van der Waals surface area contributed by atoms with E-state index in [1.54, 1.807) is 18.5 Å². The highest BCUT2D eigenvalue weighted by Gasteiger charge is 2.35. The fraction of sp³-hybridized carbons (Fsp3) is 0.400. The highest BCUT2D eigenvalue weighted by Crippen LogP contribution is 2.41. The molecule has 4 rings (SSSR count). The Labute approximate surface area is 208 Å². The second-order valence-corrected chi connectivity index (χ2v) is 8.35. The number of dihydropyridines is 1. The van der Waals surface area contributed by atoms with Crippen LogP contribution in [0.25, 0.3) is 0 Å². The fourth-order valence-corrected chi connectivity index (χ4v) is 4.25. The molecule has 3 aliphatic heterocycles. The minimum atomic E-state index is -1.66. The molecule has 36 heavy (non-hydrogen) atoms. The number of fused-ring (bicyclic) bond motifs is 1. The van der Waals surface area contributed by atoms with Gasteiger partial charge >= 0.3 is 0 Å².